The molecule has 2 N–H and O–H groups in total. The number of ether oxygens (including phenoxy) is 1. The normalized spacial score (nSPS) is 17.9. The number of fused-ring (bicyclic) bond motifs is 4. The summed E-state index contributed by atoms with van der Waals surface area (Å²) in [5, 5.41) is 15.6. The van der Waals surface area contributed by atoms with E-state index in [0.29, 0.717) is 11.4 Å². The van der Waals surface area contributed by atoms with Crippen molar-refractivity contribution >= 4 is 22.2 Å². The molecule has 0 fully saturated rings. The lowest BCUT2D eigenvalue weighted by molar-refractivity contribution is -0.142. The van der Waals surface area contributed by atoms with Crippen molar-refractivity contribution < 1.29 is 17.9 Å². The smallest absolute Gasteiger partial charge is 0.435 e. The van der Waals surface area contributed by atoms with Crippen LogP contribution in [-0.2, 0) is 6.18 Å². The highest BCUT2D eigenvalue weighted by Crippen LogP contribution is 2.50. The Bertz CT molecular complexity index is 1410. The third kappa shape index (κ3) is 3.26. The lowest BCUT2D eigenvalue weighted by Gasteiger charge is -2.35. The maximum Gasteiger partial charge on any atom is 0.435 e. The number of alkyl halides is 3. The molecule has 0 amide bonds. The molecule has 3 heterocycles. The highest BCUT2D eigenvalue weighted by molar-refractivity contribution is 6.00. The Kier molecular flexibility index (Phi) is 4.68. The molecule has 4 aromatic rings. The molecule has 1 unspecified atom stereocenters. The number of aromatic nitrogens is 4. The summed E-state index contributed by atoms with van der Waals surface area (Å²) in [7, 11) is 1.54. The van der Waals surface area contributed by atoms with Gasteiger partial charge in [0.25, 0.3) is 0 Å². The Balaban J connectivity index is 1.52. The van der Waals surface area contributed by atoms with Gasteiger partial charge in [-0.15, -0.1) is 0 Å². The van der Waals surface area contributed by atoms with Gasteiger partial charge in [-0.1, -0.05) is 0 Å². The minimum Gasteiger partial charge on any atom is -0.497 e. The van der Waals surface area contributed by atoms with Gasteiger partial charge in [0, 0.05) is 28.4 Å². The van der Waals surface area contributed by atoms with E-state index in [4.69, 9.17) is 4.74 Å². The number of hydrogen-bond donors (Lipinski definition) is 2. The third-order valence-electron chi connectivity index (χ3n) is 6.74. The van der Waals surface area contributed by atoms with Crippen LogP contribution in [0.1, 0.15) is 48.5 Å². The molecule has 6 rings (SSSR count). The second-order valence-corrected chi connectivity index (χ2v) is 8.68. The average molecular weight is 465 g/mol. The lowest BCUT2D eigenvalue weighted by atomic mass is 9.78. The summed E-state index contributed by atoms with van der Waals surface area (Å²) in [6.07, 6.45) is 2.24. The molecule has 1 aliphatic carbocycles. The fourth-order valence-corrected chi connectivity index (χ4v) is 5.19. The fraction of sp³-hybridized carbons (Fsp3) is 0.280. The van der Waals surface area contributed by atoms with E-state index in [2.05, 4.69) is 20.6 Å². The van der Waals surface area contributed by atoms with Crippen molar-refractivity contribution in [2.24, 2.45) is 0 Å². The topological polar surface area (TPSA) is 67.8 Å². The average Bonchev–Trinajstić information content (AvgIpc) is 3.51. The van der Waals surface area contributed by atoms with Crippen LogP contribution in [0.25, 0.3) is 22.2 Å². The molecule has 2 aliphatic rings. The predicted octanol–water partition coefficient (Wildman–Crippen LogP) is 6.27. The fourth-order valence-electron chi connectivity index (χ4n) is 5.19. The van der Waals surface area contributed by atoms with Crippen LogP contribution in [-0.4, -0.2) is 27.1 Å². The SMILES string of the molecule is COc1ccc(-n2cc(C3Nc4ccc5[nH]ncc5c4C4=C3CCCC4)c(C(F)(F)F)n2)cc1. The number of allylic oxidation sites excluding steroid dienone is 1. The number of anilines is 1. The first-order valence-corrected chi connectivity index (χ1v) is 11.2. The van der Waals surface area contributed by atoms with Gasteiger partial charge < -0.3 is 10.1 Å². The maximum atomic E-state index is 14.2. The van der Waals surface area contributed by atoms with Crippen molar-refractivity contribution in [3.8, 4) is 11.4 Å². The van der Waals surface area contributed by atoms with Gasteiger partial charge in [-0.3, -0.25) is 5.10 Å². The molecule has 0 radical (unpaired) electrons. The molecule has 0 saturated carbocycles. The molecule has 2 aromatic heterocycles. The quantitative estimate of drug-likeness (QED) is 0.374. The van der Waals surface area contributed by atoms with Crippen molar-refractivity contribution in [1.82, 2.24) is 20.0 Å². The number of aromatic amines is 1. The van der Waals surface area contributed by atoms with Crippen LogP contribution < -0.4 is 10.1 Å². The molecule has 174 valence electrons. The Labute approximate surface area is 193 Å². The van der Waals surface area contributed by atoms with Crippen LogP contribution >= 0.6 is 0 Å². The summed E-state index contributed by atoms with van der Waals surface area (Å²) < 4.78 is 49.0. The van der Waals surface area contributed by atoms with Gasteiger partial charge in [0.1, 0.15) is 5.75 Å². The second kappa shape index (κ2) is 7.65. The standard InChI is InChI=1S/C25H22F3N5O/c1-34-15-8-6-14(7-9-15)33-13-19(24(32-33)25(26,27)28)23-17-5-3-2-4-16(17)22-18-12-29-31-20(18)10-11-21(22)30-23/h6-13,23,30H,2-5H2,1H3,(H,29,31). The Morgan fingerprint density at radius 1 is 1.06 bits per heavy atom. The molecular formula is C25H22F3N5O. The molecular weight excluding hydrogens is 443 g/mol. The van der Waals surface area contributed by atoms with Crippen LogP contribution in [0.15, 0.2) is 54.4 Å². The second-order valence-electron chi connectivity index (χ2n) is 8.68. The summed E-state index contributed by atoms with van der Waals surface area (Å²) in [6.45, 7) is 0. The molecule has 34 heavy (non-hydrogen) atoms. The highest BCUT2D eigenvalue weighted by atomic mass is 19.4. The summed E-state index contributed by atoms with van der Waals surface area (Å²) in [5.74, 6) is 0.625. The summed E-state index contributed by atoms with van der Waals surface area (Å²) >= 11 is 0. The van der Waals surface area contributed by atoms with E-state index in [0.717, 1.165) is 59.0 Å². The first kappa shape index (κ1) is 20.8. The molecule has 1 aliphatic heterocycles. The zero-order valence-electron chi connectivity index (χ0n) is 18.4. The van der Waals surface area contributed by atoms with Crippen molar-refractivity contribution in [3.05, 3.63) is 71.2 Å². The Morgan fingerprint density at radius 2 is 1.85 bits per heavy atom. The van der Waals surface area contributed by atoms with E-state index in [1.807, 2.05) is 12.1 Å². The van der Waals surface area contributed by atoms with Crippen molar-refractivity contribution in [2.75, 3.05) is 12.4 Å². The largest absolute Gasteiger partial charge is 0.497 e. The van der Waals surface area contributed by atoms with Gasteiger partial charge in [0.2, 0.25) is 0 Å². The van der Waals surface area contributed by atoms with Gasteiger partial charge in [-0.25, -0.2) is 4.68 Å². The van der Waals surface area contributed by atoms with E-state index in [1.165, 1.54) is 10.9 Å². The minimum atomic E-state index is -4.58. The van der Waals surface area contributed by atoms with Gasteiger partial charge in [-0.05, 0) is 73.2 Å². The number of nitrogens with zero attached hydrogens (tertiary/aromatic N) is 3. The first-order chi connectivity index (χ1) is 16.4. The zero-order chi connectivity index (χ0) is 23.4. The molecule has 0 bridgehead atoms. The van der Waals surface area contributed by atoms with E-state index in [1.54, 1.807) is 37.6 Å². The van der Waals surface area contributed by atoms with Gasteiger partial charge in [0.05, 0.1) is 30.6 Å². The van der Waals surface area contributed by atoms with E-state index < -0.39 is 17.9 Å². The minimum absolute atomic E-state index is 0.135. The van der Waals surface area contributed by atoms with Crippen LogP contribution in [0.3, 0.4) is 0 Å². The zero-order valence-corrected chi connectivity index (χ0v) is 18.4. The highest BCUT2D eigenvalue weighted by Gasteiger charge is 2.42. The molecule has 0 saturated heterocycles. The number of methoxy groups -OCH3 is 1. The Hall–Kier alpha value is -3.75. The van der Waals surface area contributed by atoms with E-state index >= 15 is 0 Å². The van der Waals surface area contributed by atoms with Gasteiger partial charge in [-0.2, -0.15) is 23.4 Å². The third-order valence-corrected chi connectivity index (χ3v) is 6.74. The number of rotatable bonds is 3. The number of benzene rings is 2. The van der Waals surface area contributed by atoms with Crippen LogP contribution in [0.2, 0.25) is 0 Å². The summed E-state index contributed by atoms with van der Waals surface area (Å²) in [5.41, 5.74) is 4.72. The lowest BCUT2D eigenvalue weighted by Crippen LogP contribution is -2.24. The van der Waals surface area contributed by atoms with E-state index in [-0.39, 0.29) is 5.56 Å². The molecule has 1 atom stereocenters. The molecule has 9 heteroatoms. The number of H-pyrrole nitrogens is 1. The number of halogens is 3. The van der Waals surface area contributed by atoms with Crippen molar-refractivity contribution in [3.63, 3.8) is 0 Å². The first-order valence-electron chi connectivity index (χ1n) is 11.2. The summed E-state index contributed by atoms with van der Waals surface area (Å²) in [6, 6.07) is 10.0. The molecule has 6 nitrogen and oxygen atoms in total. The van der Waals surface area contributed by atoms with Crippen LogP contribution in [0.5, 0.6) is 5.75 Å². The van der Waals surface area contributed by atoms with Crippen LogP contribution in [0.4, 0.5) is 18.9 Å². The van der Waals surface area contributed by atoms with Crippen molar-refractivity contribution in [2.45, 2.75) is 37.9 Å². The van der Waals surface area contributed by atoms with Gasteiger partial charge in [0.15, 0.2) is 5.69 Å². The number of hydrogen-bond acceptors (Lipinski definition) is 4. The predicted molar refractivity (Wildman–Crippen MR) is 123 cm³/mol. The Morgan fingerprint density at radius 3 is 2.62 bits per heavy atom. The van der Waals surface area contributed by atoms with Crippen molar-refractivity contribution in [1.29, 1.82) is 0 Å². The van der Waals surface area contributed by atoms with Crippen LogP contribution in [0, 0.1) is 0 Å². The maximum absolute atomic E-state index is 14.2. The monoisotopic (exact) mass is 465 g/mol. The van der Waals surface area contributed by atoms with Gasteiger partial charge >= 0.3 is 6.18 Å². The molecule has 0 spiro atoms. The van der Waals surface area contributed by atoms with E-state index in [9.17, 15) is 13.2 Å². The molecule has 2 aromatic carbocycles. The number of nitrogens with one attached hydrogen (secondary N) is 2. The summed E-state index contributed by atoms with van der Waals surface area (Å²) in [4.78, 5) is 0.